The fourth-order valence-electron chi connectivity index (χ4n) is 3.72. The summed E-state index contributed by atoms with van der Waals surface area (Å²) in [6.45, 7) is 4.84. The van der Waals surface area contributed by atoms with Crippen LogP contribution in [-0.2, 0) is 17.8 Å². The molecule has 0 aliphatic carbocycles. The van der Waals surface area contributed by atoms with Gasteiger partial charge >= 0.3 is 0 Å². The van der Waals surface area contributed by atoms with Crippen molar-refractivity contribution in [1.82, 2.24) is 9.80 Å². The quantitative estimate of drug-likeness (QED) is 0.907. The lowest BCUT2D eigenvalue weighted by Gasteiger charge is -2.37. The molecule has 2 unspecified atom stereocenters. The van der Waals surface area contributed by atoms with E-state index in [0.717, 1.165) is 39.0 Å². The molecule has 2 atom stereocenters. The lowest BCUT2D eigenvalue weighted by atomic mass is 10.1. The Morgan fingerprint density at radius 3 is 2.80 bits per heavy atom. The third-order valence-electron chi connectivity index (χ3n) is 4.97. The first kappa shape index (κ1) is 16.3. The molecule has 2 aliphatic heterocycles. The molecule has 2 aromatic rings. The number of benzene rings is 1. The lowest BCUT2D eigenvalue weighted by Crippen LogP contribution is -2.50. The summed E-state index contributed by atoms with van der Waals surface area (Å²) >= 11 is 0. The molecule has 0 spiro atoms. The van der Waals surface area contributed by atoms with Gasteiger partial charge in [0.05, 0.1) is 25.3 Å². The zero-order chi connectivity index (χ0) is 17.2. The molecule has 0 saturated carbocycles. The second kappa shape index (κ2) is 7.00. The van der Waals surface area contributed by atoms with E-state index >= 15 is 0 Å². The highest BCUT2D eigenvalue weighted by Crippen LogP contribution is 2.25. The summed E-state index contributed by atoms with van der Waals surface area (Å²) in [5.74, 6) is 0.215. The molecule has 0 amide bonds. The summed E-state index contributed by atoms with van der Waals surface area (Å²) in [5, 5.41) is 9.30. The lowest BCUT2D eigenvalue weighted by molar-refractivity contribution is -0.0504. The first-order chi connectivity index (χ1) is 12.2. The summed E-state index contributed by atoms with van der Waals surface area (Å²) in [7, 11) is 0. The Hall–Kier alpha value is -2.15. The molecule has 1 aromatic heterocycles. The number of nitrogens with zero attached hydrogens (tertiary/aromatic N) is 2. The van der Waals surface area contributed by atoms with Crippen LogP contribution in [0.3, 0.4) is 0 Å². The van der Waals surface area contributed by atoms with Crippen molar-refractivity contribution in [3.8, 4) is 5.75 Å². The monoisotopic (exact) mass is 342 g/mol. The predicted molar refractivity (Wildman–Crippen MR) is 92.3 cm³/mol. The van der Waals surface area contributed by atoms with E-state index in [1.807, 2.05) is 6.07 Å². The molecule has 132 valence electrons. The molecule has 1 aromatic carbocycles. The van der Waals surface area contributed by atoms with E-state index in [0.29, 0.717) is 18.3 Å². The average Bonchev–Trinajstić information content (AvgIpc) is 3.03. The van der Waals surface area contributed by atoms with Gasteiger partial charge in [-0.3, -0.25) is 14.6 Å². The average molecular weight is 342 g/mol. The van der Waals surface area contributed by atoms with Gasteiger partial charge in [0.1, 0.15) is 12.0 Å². The zero-order valence-corrected chi connectivity index (χ0v) is 14.0. The van der Waals surface area contributed by atoms with Crippen LogP contribution in [0.2, 0.25) is 0 Å². The van der Waals surface area contributed by atoms with Gasteiger partial charge in [-0.05, 0) is 5.56 Å². The number of aromatic hydroxyl groups is 1. The van der Waals surface area contributed by atoms with Crippen LogP contribution in [0.15, 0.2) is 51.9 Å². The molecule has 1 N–H and O–H groups in total. The molecule has 2 aliphatic rings. The van der Waals surface area contributed by atoms with Crippen molar-refractivity contribution in [3.05, 3.63) is 64.2 Å². The van der Waals surface area contributed by atoms with Crippen molar-refractivity contribution in [2.24, 2.45) is 0 Å². The Kier molecular flexibility index (Phi) is 4.57. The van der Waals surface area contributed by atoms with Crippen LogP contribution in [0.5, 0.6) is 5.75 Å². The summed E-state index contributed by atoms with van der Waals surface area (Å²) in [6.07, 6.45) is 1.29. The molecular formula is C19H22N2O4. The number of fused-ring (bicyclic) bond motifs is 1. The van der Waals surface area contributed by atoms with E-state index in [1.165, 1.54) is 11.6 Å². The van der Waals surface area contributed by atoms with Gasteiger partial charge in [-0.2, -0.15) is 0 Å². The van der Waals surface area contributed by atoms with Crippen LogP contribution in [0, 0.1) is 0 Å². The number of ether oxygens (including phenoxy) is 1. The molecule has 0 radical (unpaired) electrons. The zero-order valence-electron chi connectivity index (χ0n) is 14.0. The third-order valence-corrected chi connectivity index (χ3v) is 4.97. The van der Waals surface area contributed by atoms with Gasteiger partial charge in [0.25, 0.3) is 0 Å². The van der Waals surface area contributed by atoms with Gasteiger partial charge in [-0.1, -0.05) is 30.3 Å². The van der Waals surface area contributed by atoms with E-state index < -0.39 is 5.43 Å². The Balaban J connectivity index is 1.43. The first-order valence-electron chi connectivity index (χ1n) is 8.61. The van der Waals surface area contributed by atoms with Crippen molar-refractivity contribution >= 4 is 0 Å². The number of morpholine rings is 1. The van der Waals surface area contributed by atoms with Crippen molar-refractivity contribution < 1.29 is 14.3 Å². The summed E-state index contributed by atoms with van der Waals surface area (Å²) in [5.41, 5.74) is 0.908. The van der Waals surface area contributed by atoms with Crippen LogP contribution in [-0.4, -0.2) is 53.3 Å². The molecule has 6 heteroatoms. The minimum Gasteiger partial charge on any atom is -0.502 e. The minimum atomic E-state index is -0.403. The summed E-state index contributed by atoms with van der Waals surface area (Å²) in [6, 6.07) is 12.2. The van der Waals surface area contributed by atoms with Crippen molar-refractivity contribution in [3.63, 3.8) is 0 Å². The Morgan fingerprint density at radius 2 is 2.00 bits per heavy atom. The summed E-state index contributed by atoms with van der Waals surface area (Å²) < 4.78 is 11.3. The largest absolute Gasteiger partial charge is 0.502 e. The fourth-order valence-corrected chi connectivity index (χ4v) is 3.72. The van der Waals surface area contributed by atoms with E-state index in [1.54, 1.807) is 0 Å². The van der Waals surface area contributed by atoms with Crippen LogP contribution >= 0.6 is 0 Å². The molecule has 3 heterocycles. The van der Waals surface area contributed by atoms with Gasteiger partial charge in [0.2, 0.25) is 5.43 Å². The van der Waals surface area contributed by atoms with Crippen molar-refractivity contribution in [1.29, 1.82) is 0 Å². The van der Waals surface area contributed by atoms with Crippen LogP contribution < -0.4 is 5.43 Å². The summed E-state index contributed by atoms with van der Waals surface area (Å²) in [4.78, 5) is 16.3. The molecule has 4 rings (SSSR count). The van der Waals surface area contributed by atoms with Gasteiger partial charge in [-0.15, -0.1) is 0 Å². The number of hydrogen-bond acceptors (Lipinski definition) is 6. The van der Waals surface area contributed by atoms with Gasteiger partial charge in [0.15, 0.2) is 5.75 Å². The Bertz CT molecular complexity index is 776. The topological polar surface area (TPSA) is 66.2 Å². The minimum absolute atomic E-state index is 0.182. The SMILES string of the molecule is O=c1cc(CN2CC3OCCN(Cc4ccccc4)C3C2)occ1O. The van der Waals surface area contributed by atoms with Crippen molar-refractivity contribution in [2.75, 3.05) is 26.2 Å². The normalized spacial score (nSPS) is 24.3. The Labute approximate surface area is 146 Å². The number of rotatable bonds is 4. The standard InChI is InChI=1S/C19H22N2O4/c22-17-8-15(25-13-18(17)23)10-20-11-16-19(12-20)24-7-6-21(16)9-14-4-2-1-3-5-14/h1-5,8,13,16,19,23H,6-7,9-12H2. The smallest absolute Gasteiger partial charge is 0.226 e. The predicted octanol–water partition coefficient (Wildman–Crippen LogP) is 1.43. The third kappa shape index (κ3) is 3.61. The highest BCUT2D eigenvalue weighted by molar-refractivity contribution is 5.16. The van der Waals surface area contributed by atoms with E-state index in [9.17, 15) is 9.90 Å². The van der Waals surface area contributed by atoms with E-state index in [4.69, 9.17) is 9.15 Å². The second-order valence-electron chi connectivity index (χ2n) is 6.72. The van der Waals surface area contributed by atoms with Crippen molar-refractivity contribution in [2.45, 2.75) is 25.2 Å². The van der Waals surface area contributed by atoms with Crippen LogP contribution in [0.4, 0.5) is 0 Å². The van der Waals surface area contributed by atoms with E-state index in [2.05, 4.69) is 34.1 Å². The molecular weight excluding hydrogens is 320 g/mol. The number of likely N-dealkylation sites (tertiary alicyclic amines) is 1. The fraction of sp³-hybridized carbons (Fsp3) is 0.421. The maximum atomic E-state index is 11.6. The molecule has 25 heavy (non-hydrogen) atoms. The maximum absolute atomic E-state index is 11.6. The van der Waals surface area contributed by atoms with Gasteiger partial charge in [-0.25, -0.2) is 0 Å². The first-order valence-corrected chi connectivity index (χ1v) is 8.61. The van der Waals surface area contributed by atoms with E-state index in [-0.39, 0.29) is 11.9 Å². The maximum Gasteiger partial charge on any atom is 0.226 e. The highest BCUT2D eigenvalue weighted by atomic mass is 16.5. The molecule has 2 saturated heterocycles. The van der Waals surface area contributed by atoms with Gasteiger partial charge < -0.3 is 14.3 Å². The van der Waals surface area contributed by atoms with Gasteiger partial charge in [0, 0.05) is 32.2 Å². The Morgan fingerprint density at radius 1 is 1.16 bits per heavy atom. The molecule has 6 nitrogen and oxygen atoms in total. The number of hydrogen-bond donors (Lipinski definition) is 1. The van der Waals surface area contributed by atoms with Crippen LogP contribution in [0.25, 0.3) is 0 Å². The second-order valence-corrected chi connectivity index (χ2v) is 6.72. The molecule has 0 bridgehead atoms. The molecule has 2 fully saturated rings. The highest BCUT2D eigenvalue weighted by Gasteiger charge is 2.40. The van der Waals surface area contributed by atoms with Crippen LogP contribution in [0.1, 0.15) is 11.3 Å².